The normalized spacial score (nSPS) is 11.8. The van der Waals surface area contributed by atoms with E-state index in [4.69, 9.17) is 14.6 Å². The molecule has 1 atom stereocenters. The molecule has 0 saturated carbocycles. The van der Waals surface area contributed by atoms with Crippen molar-refractivity contribution in [3.63, 3.8) is 0 Å². The molecule has 0 aliphatic carbocycles. The van der Waals surface area contributed by atoms with E-state index in [0.717, 1.165) is 6.07 Å². The number of nitrogens with zero attached hydrogens (tertiary/aromatic N) is 2. The minimum Gasteiger partial charge on any atom is -0.491 e. The average Bonchev–Trinajstić information content (AvgIpc) is 2.85. The summed E-state index contributed by atoms with van der Waals surface area (Å²) in [6.07, 6.45) is 2.96. The molecule has 196 valence electrons. The molecule has 10 nitrogen and oxygen atoms in total. The van der Waals surface area contributed by atoms with Crippen LogP contribution in [-0.4, -0.2) is 45.5 Å². The van der Waals surface area contributed by atoms with Crippen LogP contribution in [0.1, 0.15) is 48.1 Å². The minimum atomic E-state index is -1.14. The molecule has 37 heavy (non-hydrogen) atoms. The van der Waals surface area contributed by atoms with Gasteiger partial charge < -0.3 is 23.5 Å². The molecule has 0 saturated heterocycles. The molecule has 0 spiro atoms. The van der Waals surface area contributed by atoms with Crippen LogP contribution in [0, 0.1) is 11.6 Å². The van der Waals surface area contributed by atoms with E-state index < -0.39 is 46.4 Å². The number of aromatic nitrogens is 2. The van der Waals surface area contributed by atoms with Crippen molar-refractivity contribution in [1.82, 2.24) is 8.97 Å². The summed E-state index contributed by atoms with van der Waals surface area (Å²) >= 11 is 0. The smallest absolute Gasteiger partial charge is 0.306 e. The van der Waals surface area contributed by atoms with Gasteiger partial charge in [0, 0.05) is 31.1 Å². The van der Waals surface area contributed by atoms with Gasteiger partial charge >= 0.3 is 11.9 Å². The van der Waals surface area contributed by atoms with E-state index in [0.29, 0.717) is 6.07 Å². The third-order valence-electron chi connectivity index (χ3n) is 5.66. The van der Waals surface area contributed by atoms with Gasteiger partial charge in [-0.25, -0.2) is 8.78 Å². The highest BCUT2D eigenvalue weighted by molar-refractivity contribution is 5.96. The molecule has 3 aromatic rings. The minimum absolute atomic E-state index is 0.0697. The van der Waals surface area contributed by atoms with Crippen LogP contribution in [0.2, 0.25) is 0 Å². The van der Waals surface area contributed by atoms with Crippen LogP contribution in [0.5, 0.6) is 5.75 Å². The van der Waals surface area contributed by atoms with E-state index >= 15 is 0 Å². The van der Waals surface area contributed by atoms with Gasteiger partial charge in [0.2, 0.25) is 5.43 Å². The van der Waals surface area contributed by atoms with Gasteiger partial charge in [0.15, 0.2) is 17.0 Å². The lowest BCUT2D eigenvalue weighted by atomic mass is 10.0. The van der Waals surface area contributed by atoms with Gasteiger partial charge in [-0.15, -0.1) is 0 Å². The summed E-state index contributed by atoms with van der Waals surface area (Å²) in [4.78, 5) is 61.2. The number of Topliss-reactive ketones (excluding diaryl/α,β-unsaturated/α-hetero) is 1. The van der Waals surface area contributed by atoms with Crippen molar-refractivity contribution in [3.8, 4) is 5.75 Å². The molecule has 0 fully saturated rings. The molecule has 12 heteroatoms. The van der Waals surface area contributed by atoms with E-state index in [-0.39, 0.29) is 54.7 Å². The number of ketones is 1. The first-order valence-electron chi connectivity index (χ1n) is 11.2. The molecule has 0 radical (unpaired) electrons. The zero-order valence-electron chi connectivity index (χ0n) is 20.0. The first kappa shape index (κ1) is 27.2. The number of pyridine rings is 1. The number of aliphatic carboxylic acids is 1. The molecular formula is C25H24F2N2O8. The average molecular weight is 518 g/mol. The van der Waals surface area contributed by atoms with Gasteiger partial charge in [-0.3, -0.25) is 24.0 Å². The standard InChI is InChI=1S/C25H24F2N2O8/c1-14(13-37-21(33)8-7-20(31)32)29-10-9-28-12-17(23(34)24(36-2)22(28)25(29)35)19(30)6-4-15-3-5-16(26)11-18(15)27/h3,5,9-12,14H,4,6-8,13H2,1-2H3,(H,31,32)/t14-/m0/s1. The number of hydrogen-bond acceptors (Lipinski definition) is 7. The molecule has 1 aromatic carbocycles. The summed E-state index contributed by atoms with van der Waals surface area (Å²) in [5, 5.41) is 8.64. The van der Waals surface area contributed by atoms with Crippen LogP contribution in [0.15, 0.2) is 46.4 Å². The number of carboxylic acids is 1. The predicted molar refractivity (Wildman–Crippen MR) is 126 cm³/mol. The maximum absolute atomic E-state index is 13.9. The highest BCUT2D eigenvalue weighted by atomic mass is 19.1. The topological polar surface area (TPSA) is 133 Å². The van der Waals surface area contributed by atoms with Crippen LogP contribution in [0.3, 0.4) is 0 Å². The summed E-state index contributed by atoms with van der Waals surface area (Å²) in [5.74, 6) is -4.42. The van der Waals surface area contributed by atoms with Crippen LogP contribution in [0.4, 0.5) is 8.78 Å². The second-order valence-electron chi connectivity index (χ2n) is 8.26. The van der Waals surface area contributed by atoms with Crippen molar-refractivity contribution >= 4 is 23.2 Å². The highest BCUT2D eigenvalue weighted by Gasteiger charge is 2.22. The summed E-state index contributed by atoms with van der Waals surface area (Å²) in [5.41, 5.74) is -1.79. The lowest BCUT2D eigenvalue weighted by molar-refractivity contribution is -0.148. The van der Waals surface area contributed by atoms with Crippen LogP contribution in [0.25, 0.3) is 5.52 Å². The number of fused-ring (bicyclic) bond motifs is 1. The number of ether oxygens (including phenoxy) is 2. The number of hydrogen-bond donors (Lipinski definition) is 1. The molecule has 2 heterocycles. The Morgan fingerprint density at radius 2 is 1.81 bits per heavy atom. The molecule has 0 aliphatic rings. The Hall–Kier alpha value is -4.35. The van der Waals surface area contributed by atoms with Crippen LogP contribution >= 0.6 is 0 Å². The molecule has 2 aromatic heterocycles. The van der Waals surface area contributed by atoms with Gasteiger partial charge in [-0.1, -0.05) is 6.07 Å². The van der Waals surface area contributed by atoms with E-state index in [9.17, 15) is 32.8 Å². The van der Waals surface area contributed by atoms with Gasteiger partial charge in [-0.05, 0) is 25.0 Å². The summed E-state index contributed by atoms with van der Waals surface area (Å²) in [7, 11) is 1.17. The Balaban J connectivity index is 1.86. The number of carbonyl (C=O) groups excluding carboxylic acids is 2. The maximum atomic E-state index is 13.9. The Kier molecular flexibility index (Phi) is 8.53. The predicted octanol–water partition coefficient (Wildman–Crippen LogP) is 2.53. The van der Waals surface area contributed by atoms with Gasteiger partial charge in [0.25, 0.3) is 5.56 Å². The molecule has 1 N–H and O–H groups in total. The zero-order chi connectivity index (χ0) is 27.3. The number of aryl methyl sites for hydroxylation is 1. The Morgan fingerprint density at radius 1 is 1.08 bits per heavy atom. The molecular weight excluding hydrogens is 494 g/mol. The third kappa shape index (κ3) is 6.26. The Labute approximate surface area is 208 Å². The van der Waals surface area contributed by atoms with Crippen molar-refractivity contribution in [1.29, 1.82) is 0 Å². The number of esters is 1. The monoisotopic (exact) mass is 518 g/mol. The highest BCUT2D eigenvalue weighted by Crippen LogP contribution is 2.17. The molecule has 0 bridgehead atoms. The fraction of sp³-hybridized carbons (Fsp3) is 0.320. The molecule has 0 amide bonds. The van der Waals surface area contributed by atoms with Crippen LogP contribution in [-0.2, 0) is 20.7 Å². The zero-order valence-corrected chi connectivity index (χ0v) is 20.0. The molecule has 3 rings (SSSR count). The maximum Gasteiger partial charge on any atom is 0.306 e. The first-order valence-corrected chi connectivity index (χ1v) is 11.2. The number of carbonyl (C=O) groups is 3. The third-order valence-corrected chi connectivity index (χ3v) is 5.66. The quantitative estimate of drug-likeness (QED) is 0.302. The Morgan fingerprint density at radius 3 is 2.46 bits per heavy atom. The lowest BCUT2D eigenvalue weighted by Crippen LogP contribution is -2.30. The van der Waals surface area contributed by atoms with E-state index in [2.05, 4.69) is 0 Å². The lowest BCUT2D eigenvalue weighted by Gasteiger charge is -2.17. The van der Waals surface area contributed by atoms with Crippen molar-refractivity contribution < 1.29 is 37.7 Å². The van der Waals surface area contributed by atoms with E-state index in [1.165, 1.54) is 40.7 Å². The summed E-state index contributed by atoms with van der Waals surface area (Å²) in [6.45, 7) is 1.36. The van der Waals surface area contributed by atoms with Crippen LogP contribution < -0.4 is 15.7 Å². The number of benzene rings is 1. The number of methoxy groups -OCH3 is 1. The first-order chi connectivity index (χ1) is 17.5. The molecule has 0 unspecified atom stereocenters. The van der Waals surface area contributed by atoms with Crippen molar-refractivity contribution in [2.45, 2.75) is 38.6 Å². The van der Waals surface area contributed by atoms with Gasteiger partial charge in [-0.2, -0.15) is 0 Å². The van der Waals surface area contributed by atoms with Crippen molar-refractivity contribution in [2.75, 3.05) is 13.7 Å². The second-order valence-corrected chi connectivity index (χ2v) is 8.26. The number of halogens is 2. The van der Waals surface area contributed by atoms with Crippen molar-refractivity contribution in [2.24, 2.45) is 0 Å². The SMILES string of the molecule is COc1c(=O)c(C(=O)CCc2ccc(F)cc2F)cn2ccn([C@@H](C)COC(=O)CCC(=O)O)c(=O)c12. The van der Waals surface area contributed by atoms with Gasteiger partial charge in [0.1, 0.15) is 18.2 Å². The molecule has 0 aliphatic heterocycles. The van der Waals surface area contributed by atoms with E-state index in [1.807, 2.05) is 0 Å². The number of rotatable bonds is 11. The fourth-order valence-electron chi connectivity index (χ4n) is 3.69. The largest absolute Gasteiger partial charge is 0.491 e. The summed E-state index contributed by atoms with van der Waals surface area (Å²) < 4.78 is 39.7. The fourth-order valence-corrected chi connectivity index (χ4v) is 3.69. The second kappa shape index (κ2) is 11.6. The van der Waals surface area contributed by atoms with Gasteiger partial charge in [0.05, 0.1) is 31.6 Å². The Bertz CT molecular complexity index is 1480. The van der Waals surface area contributed by atoms with E-state index in [1.54, 1.807) is 6.92 Å². The summed E-state index contributed by atoms with van der Waals surface area (Å²) in [6, 6.07) is 2.33. The van der Waals surface area contributed by atoms with Crippen molar-refractivity contribution in [3.05, 3.63) is 80.1 Å². The number of carboxylic acid groups (broad SMARTS) is 1.